The van der Waals surface area contributed by atoms with Gasteiger partial charge in [0.15, 0.2) is 5.69 Å². The average molecular weight is 411 g/mol. The van der Waals surface area contributed by atoms with Crippen LogP contribution in [0.5, 0.6) is 0 Å². The van der Waals surface area contributed by atoms with E-state index in [4.69, 9.17) is 4.52 Å². The van der Waals surface area contributed by atoms with Crippen molar-refractivity contribution in [3.05, 3.63) is 17.0 Å². The molecule has 3 aliphatic heterocycles. The van der Waals surface area contributed by atoms with E-state index in [0.29, 0.717) is 18.8 Å². The summed E-state index contributed by atoms with van der Waals surface area (Å²) in [6, 6.07) is -0.479. The van der Waals surface area contributed by atoms with Crippen molar-refractivity contribution in [1.82, 2.24) is 19.9 Å². The third kappa shape index (κ3) is 4.79. The molecular weight excluding hydrogens is 378 g/mol. The van der Waals surface area contributed by atoms with Crippen molar-refractivity contribution in [2.45, 2.75) is 70.4 Å². The lowest BCUT2D eigenvalue weighted by Crippen LogP contribution is -2.44. The van der Waals surface area contributed by atoms with Crippen LogP contribution in [0.4, 0.5) is 8.78 Å². The zero-order valence-electron chi connectivity index (χ0n) is 17.3. The Morgan fingerprint density at radius 3 is 2.38 bits per heavy atom. The van der Waals surface area contributed by atoms with Crippen LogP contribution in [0.3, 0.4) is 0 Å². The smallest absolute Gasteiger partial charge is 0.276 e. The van der Waals surface area contributed by atoms with Gasteiger partial charge in [-0.3, -0.25) is 9.69 Å². The minimum absolute atomic E-state index is 0.216. The molecule has 0 aromatic carbocycles. The van der Waals surface area contributed by atoms with Gasteiger partial charge < -0.3 is 14.3 Å². The number of rotatable bonds is 5. The van der Waals surface area contributed by atoms with Gasteiger partial charge in [0.2, 0.25) is 0 Å². The van der Waals surface area contributed by atoms with Crippen molar-refractivity contribution >= 4 is 5.91 Å². The van der Waals surface area contributed by atoms with E-state index in [2.05, 4.69) is 15.0 Å². The lowest BCUT2D eigenvalue weighted by atomic mass is 10.1. The minimum atomic E-state index is -2.85. The van der Waals surface area contributed by atoms with Gasteiger partial charge in [0.25, 0.3) is 11.8 Å². The molecule has 0 bridgehead atoms. The largest absolute Gasteiger partial charge is 0.361 e. The van der Waals surface area contributed by atoms with Gasteiger partial charge >= 0.3 is 0 Å². The SMILES string of the molecule is Cc1onc(C(=O)N2CC(F)(F)C[C@H]2CN2CCCCCC2)c1CN1CCCC1. The predicted molar refractivity (Wildman–Crippen MR) is 105 cm³/mol. The molecule has 1 aromatic heterocycles. The van der Waals surface area contributed by atoms with E-state index in [1.54, 1.807) is 6.92 Å². The van der Waals surface area contributed by atoms with Crippen molar-refractivity contribution in [3.8, 4) is 0 Å². The first-order valence-electron chi connectivity index (χ1n) is 11.0. The maximum Gasteiger partial charge on any atom is 0.276 e. The van der Waals surface area contributed by atoms with Gasteiger partial charge in [-0.05, 0) is 58.8 Å². The van der Waals surface area contributed by atoms with Crippen LogP contribution >= 0.6 is 0 Å². The number of halogens is 2. The van der Waals surface area contributed by atoms with Gasteiger partial charge in [0, 0.05) is 25.1 Å². The van der Waals surface area contributed by atoms with E-state index >= 15 is 0 Å². The fourth-order valence-corrected chi connectivity index (χ4v) is 4.96. The first-order chi connectivity index (χ1) is 13.9. The summed E-state index contributed by atoms with van der Waals surface area (Å²) in [5.41, 5.74) is 0.966. The molecule has 29 heavy (non-hydrogen) atoms. The molecular formula is C21H32F2N4O2. The molecule has 3 fully saturated rings. The van der Waals surface area contributed by atoms with E-state index in [9.17, 15) is 13.6 Å². The Morgan fingerprint density at radius 2 is 1.69 bits per heavy atom. The molecule has 3 saturated heterocycles. The van der Waals surface area contributed by atoms with E-state index in [1.807, 2.05) is 0 Å². The molecule has 1 aromatic rings. The summed E-state index contributed by atoms with van der Waals surface area (Å²) in [4.78, 5) is 19.2. The summed E-state index contributed by atoms with van der Waals surface area (Å²) in [5.74, 6) is -2.65. The van der Waals surface area contributed by atoms with Crippen molar-refractivity contribution < 1.29 is 18.1 Å². The molecule has 8 heteroatoms. The summed E-state index contributed by atoms with van der Waals surface area (Å²) < 4.78 is 34.0. The Kier molecular flexibility index (Phi) is 6.20. The summed E-state index contributed by atoms with van der Waals surface area (Å²) in [5, 5.41) is 3.99. The zero-order chi connectivity index (χ0) is 20.4. The van der Waals surface area contributed by atoms with E-state index < -0.39 is 24.4 Å². The number of amides is 1. The third-order valence-electron chi connectivity index (χ3n) is 6.57. The Morgan fingerprint density at radius 1 is 1.07 bits per heavy atom. The van der Waals surface area contributed by atoms with Gasteiger partial charge in [-0.2, -0.15) is 0 Å². The molecule has 1 atom stereocenters. The quantitative estimate of drug-likeness (QED) is 0.746. The van der Waals surface area contributed by atoms with Crippen LogP contribution < -0.4 is 0 Å². The molecule has 0 aliphatic carbocycles. The highest BCUT2D eigenvalue weighted by molar-refractivity contribution is 5.94. The number of hydrogen-bond donors (Lipinski definition) is 0. The molecule has 0 radical (unpaired) electrons. The van der Waals surface area contributed by atoms with E-state index in [1.165, 1.54) is 17.7 Å². The number of carbonyl (C=O) groups is 1. The van der Waals surface area contributed by atoms with Gasteiger partial charge in [-0.1, -0.05) is 18.0 Å². The number of nitrogens with zero attached hydrogens (tertiary/aromatic N) is 4. The molecule has 0 saturated carbocycles. The molecule has 0 N–H and O–H groups in total. The number of alkyl halides is 2. The molecule has 6 nitrogen and oxygen atoms in total. The van der Waals surface area contributed by atoms with Crippen molar-refractivity contribution in [3.63, 3.8) is 0 Å². The highest BCUT2D eigenvalue weighted by Crippen LogP contribution is 2.34. The first kappa shape index (κ1) is 20.7. The molecule has 4 rings (SSSR count). The predicted octanol–water partition coefficient (Wildman–Crippen LogP) is 3.30. The van der Waals surface area contributed by atoms with E-state index in [0.717, 1.165) is 57.4 Å². The summed E-state index contributed by atoms with van der Waals surface area (Å²) >= 11 is 0. The molecule has 1 amide bonds. The second-order valence-corrected chi connectivity index (χ2v) is 8.91. The molecule has 162 valence electrons. The van der Waals surface area contributed by atoms with Gasteiger partial charge in [-0.25, -0.2) is 8.78 Å². The monoisotopic (exact) mass is 410 g/mol. The minimum Gasteiger partial charge on any atom is -0.361 e. The van der Waals surface area contributed by atoms with Crippen molar-refractivity contribution in [1.29, 1.82) is 0 Å². The normalized spacial score (nSPS) is 26.2. The lowest BCUT2D eigenvalue weighted by Gasteiger charge is -2.29. The maximum atomic E-state index is 14.3. The zero-order valence-corrected chi connectivity index (χ0v) is 17.3. The van der Waals surface area contributed by atoms with Crippen LogP contribution in [-0.2, 0) is 6.54 Å². The third-order valence-corrected chi connectivity index (χ3v) is 6.57. The van der Waals surface area contributed by atoms with Crippen molar-refractivity contribution in [2.24, 2.45) is 0 Å². The Labute approximate surface area is 171 Å². The molecule has 4 heterocycles. The second-order valence-electron chi connectivity index (χ2n) is 8.91. The van der Waals surface area contributed by atoms with Gasteiger partial charge in [-0.15, -0.1) is 0 Å². The topological polar surface area (TPSA) is 52.8 Å². The Hall–Kier alpha value is -1.54. The first-order valence-corrected chi connectivity index (χ1v) is 11.0. The van der Waals surface area contributed by atoms with Crippen LogP contribution in [0.25, 0.3) is 0 Å². The lowest BCUT2D eigenvalue weighted by molar-refractivity contribution is 0.0115. The van der Waals surface area contributed by atoms with Crippen LogP contribution in [0.2, 0.25) is 0 Å². The highest BCUT2D eigenvalue weighted by atomic mass is 19.3. The average Bonchev–Trinajstić information content (AvgIpc) is 3.32. The Bertz CT molecular complexity index is 710. The van der Waals surface area contributed by atoms with E-state index in [-0.39, 0.29) is 12.1 Å². The maximum absolute atomic E-state index is 14.3. The van der Waals surface area contributed by atoms with Crippen LogP contribution in [0.15, 0.2) is 4.52 Å². The fourth-order valence-electron chi connectivity index (χ4n) is 4.96. The number of carbonyl (C=O) groups excluding carboxylic acids is 1. The van der Waals surface area contributed by atoms with Crippen LogP contribution in [-0.4, -0.2) is 77.0 Å². The summed E-state index contributed by atoms with van der Waals surface area (Å²) in [6.45, 7) is 6.19. The van der Waals surface area contributed by atoms with Crippen molar-refractivity contribution in [2.75, 3.05) is 39.3 Å². The van der Waals surface area contributed by atoms with Gasteiger partial charge in [0.05, 0.1) is 12.6 Å². The van der Waals surface area contributed by atoms with Crippen LogP contribution in [0, 0.1) is 6.92 Å². The fraction of sp³-hybridized carbons (Fsp3) is 0.810. The summed E-state index contributed by atoms with van der Waals surface area (Å²) in [7, 11) is 0. The second kappa shape index (κ2) is 8.68. The number of aromatic nitrogens is 1. The molecule has 3 aliphatic rings. The highest BCUT2D eigenvalue weighted by Gasteiger charge is 2.48. The number of hydrogen-bond acceptors (Lipinski definition) is 5. The molecule has 0 spiro atoms. The summed E-state index contributed by atoms with van der Waals surface area (Å²) in [6.07, 6.45) is 6.59. The number of aryl methyl sites for hydroxylation is 1. The van der Waals surface area contributed by atoms with Gasteiger partial charge in [0.1, 0.15) is 5.76 Å². The molecule has 0 unspecified atom stereocenters. The Balaban J connectivity index is 1.51. The number of likely N-dealkylation sites (tertiary alicyclic amines) is 3. The van der Waals surface area contributed by atoms with Crippen LogP contribution in [0.1, 0.15) is 66.8 Å². The standard InChI is InChI=1S/C21H32F2N4O2/c1-16-18(14-26-10-6-7-11-26)19(24-29-16)20(28)27-15-21(22,23)12-17(27)13-25-8-4-2-3-5-9-25/h17H,2-15H2,1H3/t17-/m0/s1.